The number of benzene rings is 3. The summed E-state index contributed by atoms with van der Waals surface area (Å²) in [6, 6.07) is 33.7. The molecule has 0 amide bonds. The van der Waals surface area contributed by atoms with Gasteiger partial charge in [-0.15, -0.1) is 0 Å². The van der Waals surface area contributed by atoms with Crippen molar-refractivity contribution in [2.24, 2.45) is 4.99 Å². The molecule has 26 heteroatoms. The third-order valence-corrected chi connectivity index (χ3v) is 25.0. The number of anilines is 3. The fraction of sp³-hybridized carbons (Fsp3) is 0.506. The van der Waals surface area contributed by atoms with E-state index in [1.54, 1.807) is 18.6 Å². The Morgan fingerprint density at radius 1 is 0.430 bits per heavy atom. The Balaban J connectivity index is 0.000000142. The number of hydrogen-bond donors (Lipinski definition) is 5. The molecule has 8 aromatic rings. The van der Waals surface area contributed by atoms with Crippen molar-refractivity contribution in [3.8, 4) is 22.8 Å². The highest BCUT2D eigenvalue weighted by Crippen LogP contribution is 2.38. The number of nitrogens with one attached hydrogen (secondary N) is 3. The SMILES string of the molecule is CC[C@H]1CN(c2ncc(-c3ncc[nH]3)cc2Cl)CCN1C1CCN([C@@H](CO)c2ccc(Cl)cc2)CC1.CC[C@H]1CN(c2ncc(-c3ncc[nH]3)cc2Cl)CCN1C1CCN([C@H](C)c2ccc(Cl)cc2)CC1.CC[C@H]1CN(c2ncc(C3=NCCN3)cc2Cl)CCN1C1CCN([C@@H](CO)c2ccc(Cl)cc2)CC1. The number of nitrogens with zero attached hydrogens (tertiary/aromatic N) is 15. The fourth-order valence-electron chi connectivity index (χ4n) is 17.4. The lowest BCUT2D eigenvalue weighted by molar-refractivity contribution is 0.0356. The second-order valence-corrected chi connectivity index (χ2v) is 31.9. The molecule has 5 aromatic heterocycles. The zero-order valence-corrected chi connectivity index (χ0v) is 66.6. The first-order chi connectivity index (χ1) is 52.2. The van der Waals surface area contributed by atoms with Crippen LogP contribution in [-0.4, -0.2) is 241 Å². The van der Waals surface area contributed by atoms with E-state index in [1.807, 2.05) is 104 Å². The summed E-state index contributed by atoms with van der Waals surface area (Å²) in [6.07, 6.45) is 22.9. The van der Waals surface area contributed by atoms with Gasteiger partial charge in [0.1, 0.15) is 34.9 Å². The highest BCUT2D eigenvalue weighted by molar-refractivity contribution is 6.34. The summed E-state index contributed by atoms with van der Waals surface area (Å²) >= 11 is 38.3. The van der Waals surface area contributed by atoms with Crippen LogP contribution in [0.15, 0.2) is 139 Å². The third-order valence-electron chi connectivity index (χ3n) is 23.4. The van der Waals surface area contributed by atoms with Crippen molar-refractivity contribution in [1.82, 2.24) is 69.6 Å². The lowest BCUT2D eigenvalue weighted by atomic mass is 9.96. The van der Waals surface area contributed by atoms with Gasteiger partial charge in [-0.05, 0) is 136 Å². The molecule has 7 aliphatic rings. The smallest absolute Gasteiger partial charge is 0.147 e. The van der Waals surface area contributed by atoms with Crippen molar-refractivity contribution < 1.29 is 10.2 Å². The number of piperazine rings is 3. The third kappa shape index (κ3) is 19.2. The summed E-state index contributed by atoms with van der Waals surface area (Å²) < 4.78 is 0. The van der Waals surface area contributed by atoms with E-state index in [0.717, 1.165) is 234 Å². The number of halogens is 6. The molecule has 0 radical (unpaired) electrons. The number of H-pyrrole nitrogens is 2. The summed E-state index contributed by atoms with van der Waals surface area (Å²) in [4.78, 5) is 56.2. The van der Waals surface area contributed by atoms with Crippen molar-refractivity contribution in [3.63, 3.8) is 0 Å². The molecule has 0 spiro atoms. The predicted octanol–water partition coefficient (Wildman–Crippen LogP) is 14.6. The highest BCUT2D eigenvalue weighted by Gasteiger charge is 2.39. The van der Waals surface area contributed by atoms with Gasteiger partial charge in [0.15, 0.2) is 0 Å². The Hall–Kier alpha value is -6.18. The van der Waals surface area contributed by atoms with Crippen LogP contribution >= 0.6 is 69.6 Å². The standard InChI is InChI=1S/C27H36Cl2N6O.C27H34Cl2N6O.C27H34Cl2N6/c2*1-2-22-17-34(27-24(29)15-20(16-32-27)26-30-9-10-31-26)13-14-35(22)23-7-11-33(12-8-23)25(18-36)19-3-5-21(28)6-4-19;1-3-23-18-34(27-25(29)16-21(17-32-27)26-30-10-11-31-26)14-15-35(23)24-8-12-33(13-9-24)19(2)20-4-6-22(28)7-5-20/h3-6,15-16,22-23,25,36H,2,7-14,17-18H2,1H3,(H,30,31);3-6,9-10,15-16,22-23,25,36H,2,7-8,11-14,17-18H2,1H3,(H,30,31);4-7,10-11,16-17,19,23-24H,3,8-9,12-15,18H2,1-2H3,(H,30,31)/t2*22-,25-;19-,23+/m001/s1. The zero-order chi connectivity index (χ0) is 74.5. The molecule has 7 aliphatic heterocycles. The van der Waals surface area contributed by atoms with Crippen LogP contribution in [0.5, 0.6) is 0 Å². The van der Waals surface area contributed by atoms with Crippen LogP contribution in [0.25, 0.3) is 22.8 Å². The molecular formula is C81H104Cl6N18O2. The maximum atomic E-state index is 10.1. The number of aromatic nitrogens is 7. The van der Waals surface area contributed by atoms with Gasteiger partial charge in [-0.1, -0.05) is 127 Å². The van der Waals surface area contributed by atoms with Gasteiger partial charge in [0, 0.05) is 222 Å². The van der Waals surface area contributed by atoms with Crippen LogP contribution in [0, 0.1) is 0 Å². The first kappa shape index (κ1) is 78.9. The average Bonchev–Trinajstić information content (AvgIpc) is 1.47. The number of aliphatic hydroxyl groups is 2. The summed E-state index contributed by atoms with van der Waals surface area (Å²) in [5.74, 6) is 5.07. The van der Waals surface area contributed by atoms with E-state index in [0.29, 0.717) is 57.4 Å². The number of hydrogen-bond acceptors (Lipinski definition) is 18. The fourth-order valence-corrected chi connectivity index (χ4v) is 18.6. The van der Waals surface area contributed by atoms with Crippen molar-refractivity contribution in [1.29, 1.82) is 0 Å². The van der Waals surface area contributed by atoms with Crippen LogP contribution in [0.4, 0.5) is 17.5 Å². The quantitative estimate of drug-likeness (QED) is 0.0484. The van der Waals surface area contributed by atoms with E-state index in [2.05, 4.69) is 114 Å². The Morgan fingerprint density at radius 2 is 0.776 bits per heavy atom. The molecule has 107 heavy (non-hydrogen) atoms. The molecule has 3 aromatic carbocycles. The summed E-state index contributed by atoms with van der Waals surface area (Å²) in [5.41, 5.74) is 6.36. The van der Waals surface area contributed by atoms with E-state index in [9.17, 15) is 10.2 Å². The van der Waals surface area contributed by atoms with Gasteiger partial charge in [-0.3, -0.25) is 34.4 Å². The minimum Gasteiger partial charge on any atom is -0.394 e. The molecule has 0 bridgehead atoms. The highest BCUT2D eigenvalue weighted by atomic mass is 35.5. The maximum Gasteiger partial charge on any atom is 0.147 e. The molecule has 0 unspecified atom stereocenters. The summed E-state index contributed by atoms with van der Waals surface area (Å²) in [7, 11) is 0. The summed E-state index contributed by atoms with van der Waals surface area (Å²) in [6.45, 7) is 25.9. The monoisotopic (exact) mass is 1570 g/mol. The van der Waals surface area contributed by atoms with E-state index in [1.165, 1.54) is 18.4 Å². The van der Waals surface area contributed by atoms with Crippen LogP contribution in [0.2, 0.25) is 30.1 Å². The van der Waals surface area contributed by atoms with Crippen LogP contribution in [-0.2, 0) is 0 Å². The Bertz CT molecular complexity index is 4100. The van der Waals surface area contributed by atoms with E-state index >= 15 is 0 Å². The van der Waals surface area contributed by atoms with Crippen LogP contribution in [0.3, 0.4) is 0 Å². The first-order valence-electron chi connectivity index (χ1n) is 38.6. The Morgan fingerprint density at radius 3 is 1.09 bits per heavy atom. The molecule has 6 saturated heterocycles. The first-order valence-corrected chi connectivity index (χ1v) is 40.9. The molecule has 5 N–H and O–H groups in total. The molecule has 572 valence electrons. The average molecular weight is 1570 g/mol. The van der Waals surface area contributed by atoms with Crippen molar-refractivity contribution in [3.05, 3.63) is 187 Å². The minimum atomic E-state index is 0.0272. The maximum absolute atomic E-state index is 10.1. The Kier molecular flexibility index (Phi) is 27.8. The number of likely N-dealkylation sites (tertiary alicyclic amines) is 3. The number of aliphatic hydroxyl groups excluding tert-OH is 2. The molecular weight excluding hydrogens is 1470 g/mol. The minimum absolute atomic E-state index is 0.0272. The topological polar surface area (TPSA) is 190 Å². The normalized spacial score (nSPS) is 21.8. The second-order valence-electron chi connectivity index (χ2n) is 29.4. The number of aromatic amines is 2. The molecule has 0 saturated carbocycles. The molecule has 0 aliphatic carbocycles. The van der Waals surface area contributed by atoms with Gasteiger partial charge >= 0.3 is 0 Å². The largest absolute Gasteiger partial charge is 0.394 e. The number of imidazole rings is 2. The molecule has 6 atom stereocenters. The molecule has 12 heterocycles. The van der Waals surface area contributed by atoms with E-state index in [4.69, 9.17) is 84.6 Å². The van der Waals surface area contributed by atoms with Crippen LogP contribution in [0.1, 0.15) is 126 Å². The van der Waals surface area contributed by atoms with Gasteiger partial charge in [0.25, 0.3) is 0 Å². The van der Waals surface area contributed by atoms with Gasteiger partial charge < -0.3 is 40.2 Å². The van der Waals surface area contributed by atoms with Crippen molar-refractivity contribution in [2.75, 3.05) is 139 Å². The lowest BCUT2D eigenvalue weighted by Gasteiger charge is -2.48. The number of amidine groups is 1. The van der Waals surface area contributed by atoms with Crippen LogP contribution < -0.4 is 20.0 Å². The van der Waals surface area contributed by atoms with Gasteiger partial charge in [0.2, 0.25) is 0 Å². The second kappa shape index (κ2) is 37.7. The van der Waals surface area contributed by atoms with E-state index in [-0.39, 0.29) is 25.3 Å². The predicted molar refractivity (Wildman–Crippen MR) is 438 cm³/mol. The lowest BCUT2D eigenvalue weighted by Crippen LogP contribution is -2.58. The van der Waals surface area contributed by atoms with Gasteiger partial charge in [0.05, 0.1) is 46.9 Å². The number of piperidine rings is 3. The van der Waals surface area contributed by atoms with Gasteiger partial charge in [-0.2, -0.15) is 0 Å². The number of pyridine rings is 3. The summed E-state index contributed by atoms with van der Waals surface area (Å²) in [5, 5.41) is 27.8. The van der Waals surface area contributed by atoms with E-state index < -0.39 is 0 Å². The molecule has 15 rings (SSSR count). The molecule has 20 nitrogen and oxygen atoms in total. The number of rotatable bonds is 20. The van der Waals surface area contributed by atoms with Gasteiger partial charge in [-0.25, -0.2) is 24.9 Å². The van der Waals surface area contributed by atoms with Crippen molar-refractivity contribution in [2.45, 2.75) is 140 Å². The number of aliphatic imine (C=N–C) groups is 1. The molecule has 6 fully saturated rings. The Labute approximate surface area is 661 Å². The van der Waals surface area contributed by atoms with Crippen molar-refractivity contribution >= 4 is 92.9 Å². The zero-order valence-electron chi connectivity index (χ0n) is 62.1.